The molecule has 1 saturated heterocycles. The van der Waals surface area contributed by atoms with Crippen molar-refractivity contribution in [2.24, 2.45) is 7.05 Å². The number of anilines is 1. The van der Waals surface area contributed by atoms with Crippen molar-refractivity contribution in [2.45, 2.75) is 6.54 Å². The lowest BCUT2D eigenvalue weighted by atomic mass is 10.2. The molecule has 0 saturated carbocycles. The summed E-state index contributed by atoms with van der Waals surface area (Å²) in [7, 11) is 5.49. The zero-order chi connectivity index (χ0) is 18.8. The number of fused-ring (bicyclic) bond motifs is 1. The van der Waals surface area contributed by atoms with Gasteiger partial charge in [-0.15, -0.1) is 0 Å². The third kappa shape index (κ3) is 3.57. The van der Waals surface area contributed by atoms with E-state index < -0.39 is 0 Å². The molecular formula is C21H26N4O2. The second-order valence-corrected chi connectivity index (χ2v) is 6.91. The summed E-state index contributed by atoms with van der Waals surface area (Å²) in [6.07, 6.45) is 0. The molecule has 0 bridgehead atoms. The number of imidazole rings is 1. The van der Waals surface area contributed by atoms with Crippen LogP contribution in [-0.4, -0.2) is 54.8 Å². The van der Waals surface area contributed by atoms with Crippen LogP contribution >= 0.6 is 0 Å². The van der Waals surface area contributed by atoms with Crippen LogP contribution in [0.2, 0.25) is 0 Å². The van der Waals surface area contributed by atoms with Crippen molar-refractivity contribution in [1.29, 1.82) is 0 Å². The number of hydrogen-bond acceptors (Lipinski definition) is 5. The number of piperazine rings is 1. The fourth-order valence-electron chi connectivity index (χ4n) is 3.67. The Hall–Kier alpha value is -2.73. The highest BCUT2D eigenvalue weighted by atomic mass is 16.5. The normalized spacial score (nSPS) is 15.3. The lowest BCUT2D eigenvalue weighted by molar-refractivity contribution is 0.242. The van der Waals surface area contributed by atoms with Crippen molar-refractivity contribution in [3.8, 4) is 11.5 Å². The lowest BCUT2D eigenvalue weighted by Gasteiger charge is -2.36. The molecule has 1 aliphatic rings. The van der Waals surface area contributed by atoms with E-state index in [1.54, 1.807) is 14.2 Å². The highest BCUT2D eigenvalue weighted by Gasteiger charge is 2.20. The molecule has 0 unspecified atom stereocenters. The Morgan fingerprint density at radius 3 is 2.41 bits per heavy atom. The van der Waals surface area contributed by atoms with Crippen LogP contribution in [0.15, 0.2) is 42.5 Å². The molecule has 0 amide bonds. The summed E-state index contributed by atoms with van der Waals surface area (Å²) >= 11 is 0. The third-order valence-corrected chi connectivity index (χ3v) is 5.34. The van der Waals surface area contributed by atoms with Gasteiger partial charge in [0.05, 0.1) is 31.8 Å². The van der Waals surface area contributed by atoms with Crippen LogP contribution in [0.25, 0.3) is 11.0 Å². The monoisotopic (exact) mass is 366 g/mol. The number of methoxy groups -OCH3 is 2. The van der Waals surface area contributed by atoms with Gasteiger partial charge in [-0.3, -0.25) is 4.90 Å². The molecule has 0 spiro atoms. The summed E-state index contributed by atoms with van der Waals surface area (Å²) in [6.45, 7) is 4.91. The minimum Gasteiger partial charge on any atom is -0.497 e. The Balaban J connectivity index is 1.43. The van der Waals surface area contributed by atoms with Crippen LogP contribution in [-0.2, 0) is 13.6 Å². The Bertz CT molecular complexity index is 929. The molecule has 6 heteroatoms. The summed E-state index contributed by atoms with van der Waals surface area (Å²) in [5.74, 6) is 2.84. The van der Waals surface area contributed by atoms with E-state index in [4.69, 9.17) is 14.5 Å². The minimum atomic E-state index is 0.846. The highest BCUT2D eigenvalue weighted by Crippen LogP contribution is 2.24. The van der Waals surface area contributed by atoms with E-state index in [9.17, 15) is 0 Å². The fourth-order valence-corrected chi connectivity index (χ4v) is 3.67. The van der Waals surface area contributed by atoms with Crippen molar-refractivity contribution in [2.75, 3.05) is 45.3 Å². The van der Waals surface area contributed by atoms with E-state index in [1.165, 1.54) is 5.69 Å². The van der Waals surface area contributed by atoms with E-state index in [1.807, 2.05) is 24.3 Å². The average molecular weight is 366 g/mol. The van der Waals surface area contributed by atoms with Crippen molar-refractivity contribution < 1.29 is 9.47 Å². The third-order valence-electron chi connectivity index (χ3n) is 5.34. The number of rotatable bonds is 5. The molecular weight excluding hydrogens is 340 g/mol. The molecule has 142 valence electrons. The molecule has 0 atom stereocenters. The smallest absolute Gasteiger partial charge is 0.123 e. The van der Waals surface area contributed by atoms with Crippen molar-refractivity contribution in [3.05, 3.63) is 48.3 Å². The standard InChI is InChI=1S/C21H26N4O2/c1-23-20-8-7-18(27-3)14-19(20)22-21(23)15-24-9-11-25(12-10-24)16-5-4-6-17(13-16)26-2/h4-8,13-14H,9-12,15H2,1-3H3. The molecule has 1 aromatic heterocycles. The molecule has 0 N–H and O–H groups in total. The minimum absolute atomic E-state index is 0.846. The molecule has 3 aromatic rings. The van der Waals surface area contributed by atoms with Crippen LogP contribution in [0.3, 0.4) is 0 Å². The maximum atomic E-state index is 5.35. The van der Waals surface area contributed by atoms with E-state index in [0.717, 1.165) is 61.1 Å². The Morgan fingerprint density at radius 2 is 1.67 bits per heavy atom. The summed E-state index contributed by atoms with van der Waals surface area (Å²) in [6, 6.07) is 14.4. The number of ether oxygens (including phenoxy) is 2. The first-order valence-corrected chi connectivity index (χ1v) is 9.28. The van der Waals surface area contributed by atoms with Crippen LogP contribution < -0.4 is 14.4 Å². The zero-order valence-electron chi connectivity index (χ0n) is 16.2. The summed E-state index contributed by atoms with van der Waals surface area (Å²) in [4.78, 5) is 9.71. The topological polar surface area (TPSA) is 42.8 Å². The SMILES string of the molecule is COc1cccc(N2CCN(Cc3nc4cc(OC)ccc4n3C)CC2)c1. The Kier molecular flexibility index (Phi) is 4.90. The van der Waals surface area contributed by atoms with Gasteiger partial charge in [-0.05, 0) is 24.3 Å². The number of aryl methyl sites for hydroxylation is 1. The summed E-state index contributed by atoms with van der Waals surface area (Å²) in [5.41, 5.74) is 3.35. The first-order chi connectivity index (χ1) is 13.2. The molecule has 0 aliphatic carbocycles. The summed E-state index contributed by atoms with van der Waals surface area (Å²) in [5, 5.41) is 0. The fraction of sp³-hybridized carbons (Fsp3) is 0.381. The molecule has 4 rings (SSSR count). The molecule has 0 radical (unpaired) electrons. The van der Waals surface area contributed by atoms with Gasteiger partial charge in [-0.25, -0.2) is 4.98 Å². The first-order valence-electron chi connectivity index (χ1n) is 9.28. The molecule has 2 heterocycles. The maximum Gasteiger partial charge on any atom is 0.123 e. The Labute approximate surface area is 159 Å². The maximum absolute atomic E-state index is 5.35. The predicted octanol–water partition coefficient (Wildman–Crippen LogP) is 2.91. The molecule has 1 fully saturated rings. The van der Waals surface area contributed by atoms with Crippen LogP contribution in [0.4, 0.5) is 5.69 Å². The van der Waals surface area contributed by atoms with Gasteiger partial charge in [0.1, 0.15) is 17.3 Å². The largest absolute Gasteiger partial charge is 0.497 e. The van der Waals surface area contributed by atoms with Crippen molar-refractivity contribution in [3.63, 3.8) is 0 Å². The number of hydrogen-bond donors (Lipinski definition) is 0. The van der Waals surface area contributed by atoms with Gasteiger partial charge in [-0.1, -0.05) is 6.07 Å². The van der Waals surface area contributed by atoms with E-state index in [2.05, 4.69) is 39.6 Å². The van der Waals surface area contributed by atoms with E-state index in [-0.39, 0.29) is 0 Å². The lowest BCUT2D eigenvalue weighted by Crippen LogP contribution is -2.46. The van der Waals surface area contributed by atoms with Gasteiger partial charge in [0.2, 0.25) is 0 Å². The van der Waals surface area contributed by atoms with Crippen molar-refractivity contribution >= 4 is 16.7 Å². The Morgan fingerprint density at radius 1 is 0.926 bits per heavy atom. The van der Waals surface area contributed by atoms with E-state index >= 15 is 0 Å². The zero-order valence-corrected chi connectivity index (χ0v) is 16.2. The summed E-state index contributed by atoms with van der Waals surface area (Å²) < 4.78 is 12.8. The first kappa shape index (κ1) is 17.7. The predicted molar refractivity (Wildman–Crippen MR) is 108 cm³/mol. The second-order valence-electron chi connectivity index (χ2n) is 6.91. The van der Waals surface area contributed by atoms with E-state index in [0.29, 0.717) is 0 Å². The highest BCUT2D eigenvalue weighted by molar-refractivity contribution is 5.77. The van der Waals surface area contributed by atoms with Crippen molar-refractivity contribution in [1.82, 2.24) is 14.5 Å². The van der Waals surface area contributed by atoms with Crippen LogP contribution in [0, 0.1) is 0 Å². The van der Waals surface area contributed by atoms with Crippen LogP contribution in [0.1, 0.15) is 5.82 Å². The van der Waals surface area contributed by atoms with Gasteiger partial charge >= 0.3 is 0 Å². The molecule has 2 aromatic carbocycles. The number of nitrogens with zero attached hydrogens (tertiary/aromatic N) is 4. The van der Waals surface area contributed by atoms with Gasteiger partial charge in [0, 0.05) is 51.0 Å². The molecule has 6 nitrogen and oxygen atoms in total. The number of benzene rings is 2. The van der Waals surface area contributed by atoms with Gasteiger partial charge in [0.15, 0.2) is 0 Å². The molecule has 27 heavy (non-hydrogen) atoms. The second kappa shape index (κ2) is 7.48. The quantitative estimate of drug-likeness (QED) is 0.695. The number of aromatic nitrogens is 2. The van der Waals surface area contributed by atoms with Crippen LogP contribution in [0.5, 0.6) is 11.5 Å². The van der Waals surface area contributed by atoms with Gasteiger partial charge in [-0.2, -0.15) is 0 Å². The van der Waals surface area contributed by atoms with Gasteiger partial charge in [0.25, 0.3) is 0 Å². The van der Waals surface area contributed by atoms with Gasteiger partial charge < -0.3 is 18.9 Å². The molecule has 1 aliphatic heterocycles. The average Bonchev–Trinajstić information content (AvgIpc) is 3.03.